The first-order valence-corrected chi connectivity index (χ1v) is 6.86. The third-order valence-electron chi connectivity index (χ3n) is 3.82. The molecule has 0 bridgehead atoms. The molecule has 0 aromatic heterocycles. The summed E-state index contributed by atoms with van der Waals surface area (Å²) in [4.78, 5) is 24.8. The molecule has 0 saturated carbocycles. The summed E-state index contributed by atoms with van der Waals surface area (Å²) in [5.74, 6) is -0.163. The first kappa shape index (κ1) is 14.5. The predicted octanol–water partition coefficient (Wildman–Crippen LogP) is 1.72. The van der Waals surface area contributed by atoms with Gasteiger partial charge in [-0.15, -0.1) is 0 Å². The maximum atomic E-state index is 12.4. The number of amides is 1. The number of nitrogens with zero attached hydrogens (tertiary/aromatic N) is 2. The third kappa shape index (κ3) is 2.65. The van der Waals surface area contributed by atoms with Crippen LogP contribution in [0.5, 0.6) is 0 Å². The van der Waals surface area contributed by atoms with Crippen molar-refractivity contribution in [2.45, 2.75) is 32.2 Å². The lowest BCUT2D eigenvalue weighted by Crippen LogP contribution is -2.39. The largest absolute Gasteiger partial charge is 0.334 e. The second-order valence-electron chi connectivity index (χ2n) is 4.98. The molecule has 1 fully saturated rings. The summed E-state index contributed by atoms with van der Waals surface area (Å²) in [7, 11) is 0. The van der Waals surface area contributed by atoms with Gasteiger partial charge in [0.1, 0.15) is 0 Å². The minimum Gasteiger partial charge on any atom is -0.334 e. The average molecular weight is 277 g/mol. The molecule has 1 heterocycles. The first-order valence-electron chi connectivity index (χ1n) is 6.86. The number of nitro groups is 1. The zero-order valence-corrected chi connectivity index (χ0v) is 11.5. The summed E-state index contributed by atoms with van der Waals surface area (Å²) >= 11 is 0. The Hall–Kier alpha value is -1.95. The number of benzene rings is 1. The molecule has 6 heteroatoms. The van der Waals surface area contributed by atoms with Crippen molar-refractivity contribution in [3.63, 3.8) is 0 Å². The molecular formula is C14H19N3O3. The lowest BCUT2D eigenvalue weighted by molar-refractivity contribution is -0.385. The third-order valence-corrected chi connectivity index (χ3v) is 3.82. The highest BCUT2D eigenvalue weighted by molar-refractivity contribution is 5.95. The number of aryl methyl sites for hydroxylation is 1. The molecular weight excluding hydrogens is 258 g/mol. The highest BCUT2D eigenvalue weighted by Gasteiger charge is 2.29. The van der Waals surface area contributed by atoms with Gasteiger partial charge in [-0.3, -0.25) is 14.9 Å². The molecule has 1 saturated heterocycles. The van der Waals surface area contributed by atoms with E-state index in [1.54, 1.807) is 17.0 Å². The van der Waals surface area contributed by atoms with Crippen molar-refractivity contribution in [2.75, 3.05) is 13.1 Å². The molecule has 6 nitrogen and oxygen atoms in total. The number of rotatable bonds is 4. The SMILES string of the molecule is CCc1ccc(C(=O)N2CCCC2CN)cc1[N+](=O)[O-]. The van der Waals surface area contributed by atoms with Gasteiger partial charge < -0.3 is 10.6 Å². The van der Waals surface area contributed by atoms with Crippen LogP contribution in [0, 0.1) is 10.1 Å². The van der Waals surface area contributed by atoms with Crippen LogP contribution in [0.15, 0.2) is 18.2 Å². The number of carbonyl (C=O) groups is 1. The smallest absolute Gasteiger partial charge is 0.273 e. The topological polar surface area (TPSA) is 89.5 Å². The van der Waals surface area contributed by atoms with Gasteiger partial charge in [-0.2, -0.15) is 0 Å². The van der Waals surface area contributed by atoms with E-state index in [0.717, 1.165) is 12.8 Å². The van der Waals surface area contributed by atoms with Gasteiger partial charge in [0.25, 0.3) is 11.6 Å². The molecule has 2 N–H and O–H groups in total. The van der Waals surface area contributed by atoms with E-state index >= 15 is 0 Å². The number of nitrogens with two attached hydrogens (primary N) is 1. The highest BCUT2D eigenvalue weighted by Crippen LogP contribution is 2.24. The number of carbonyl (C=O) groups excluding carboxylic acids is 1. The predicted molar refractivity (Wildman–Crippen MR) is 75.6 cm³/mol. The van der Waals surface area contributed by atoms with Crippen LogP contribution in [0.3, 0.4) is 0 Å². The minimum atomic E-state index is -0.431. The molecule has 2 rings (SSSR count). The van der Waals surface area contributed by atoms with E-state index in [-0.39, 0.29) is 17.6 Å². The van der Waals surface area contributed by atoms with E-state index in [1.807, 2.05) is 6.92 Å². The Labute approximate surface area is 117 Å². The van der Waals surface area contributed by atoms with Gasteiger partial charge in [0.2, 0.25) is 0 Å². The van der Waals surface area contributed by atoms with Crippen LogP contribution >= 0.6 is 0 Å². The average Bonchev–Trinajstić information content (AvgIpc) is 2.94. The van der Waals surface area contributed by atoms with Crippen LogP contribution in [0.2, 0.25) is 0 Å². The van der Waals surface area contributed by atoms with E-state index in [4.69, 9.17) is 5.73 Å². The molecule has 1 aromatic carbocycles. The lowest BCUT2D eigenvalue weighted by Gasteiger charge is -2.23. The number of hydrogen-bond acceptors (Lipinski definition) is 4. The molecule has 0 radical (unpaired) electrons. The second-order valence-corrected chi connectivity index (χ2v) is 4.98. The fraction of sp³-hybridized carbons (Fsp3) is 0.500. The van der Waals surface area contributed by atoms with Gasteiger partial charge in [-0.25, -0.2) is 0 Å². The van der Waals surface area contributed by atoms with Crippen LogP contribution in [0.25, 0.3) is 0 Å². The molecule has 1 aliphatic rings. The van der Waals surface area contributed by atoms with Crippen LogP contribution < -0.4 is 5.73 Å². The normalized spacial score (nSPS) is 18.3. The summed E-state index contributed by atoms with van der Waals surface area (Å²) in [5.41, 5.74) is 6.69. The summed E-state index contributed by atoms with van der Waals surface area (Å²) in [6.07, 6.45) is 2.40. The summed E-state index contributed by atoms with van der Waals surface area (Å²) < 4.78 is 0. The Kier molecular flexibility index (Phi) is 4.34. The number of likely N-dealkylation sites (tertiary alicyclic amines) is 1. The van der Waals surface area contributed by atoms with E-state index in [2.05, 4.69) is 0 Å². The molecule has 1 unspecified atom stereocenters. The van der Waals surface area contributed by atoms with Crippen molar-refractivity contribution < 1.29 is 9.72 Å². The van der Waals surface area contributed by atoms with Crippen molar-refractivity contribution in [1.29, 1.82) is 0 Å². The van der Waals surface area contributed by atoms with Gasteiger partial charge in [0.15, 0.2) is 0 Å². The fourth-order valence-electron chi connectivity index (χ4n) is 2.68. The molecule has 20 heavy (non-hydrogen) atoms. The van der Waals surface area contributed by atoms with Gasteiger partial charge in [0, 0.05) is 36.3 Å². The zero-order chi connectivity index (χ0) is 14.7. The molecule has 1 amide bonds. The monoisotopic (exact) mass is 277 g/mol. The van der Waals surface area contributed by atoms with Crippen molar-refractivity contribution in [1.82, 2.24) is 4.90 Å². The molecule has 1 atom stereocenters. The summed E-state index contributed by atoms with van der Waals surface area (Å²) in [6.45, 7) is 2.96. The molecule has 0 aliphatic carbocycles. The molecule has 1 aliphatic heterocycles. The first-order chi connectivity index (χ1) is 9.58. The van der Waals surface area contributed by atoms with E-state index < -0.39 is 4.92 Å². The minimum absolute atomic E-state index is 0.0156. The molecule has 0 spiro atoms. The molecule has 108 valence electrons. The maximum Gasteiger partial charge on any atom is 0.273 e. The quantitative estimate of drug-likeness (QED) is 0.670. The van der Waals surface area contributed by atoms with Crippen molar-refractivity contribution in [3.05, 3.63) is 39.4 Å². The number of nitro benzene ring substituents is 1. The van der Waals surface area contributed by atoms with Gasteiger partial charge in [-0.1, -0.05) is 13.0 Å². The zero-order valence-electron chi connectivity index (χ0n) is 11.5. The van der Waals surface area contributed by atoms with Gasteiger partial charge >= 0.3 is 0 Å². The Bertz CT molecular complexity index is 530. The Morgan fingerprint density at radius 2 is 2.30 bits per heavy atom. The van der Waals surface area contributed by atoms with Crippen molar-refractivity contribution >= 4 is 11.6 Å². The Morgan fingerprint density at radius 1 is 1.55 bits per heavy atom. The van der Waals surface area contributed by atoms with Crippen molar-refractivity contribution in [3.8, 4) is 0 Å². The maximum absolute atomic E-state index is 12.4. The number of hydrogen-bond donors (Lipinski definition) is 1. The van der Waals surface area contributed by atoms with E-state index in [9.17, 15) is 14.9 Å². The fourth-order valence-corrected chi connectivity index (χ4v) is 2.68. The molecule has 1 aromatic rings. The van der Waals surface area contributed by atoms with E-state index in [0.29, 0.717) is 30.6 Å². The van der Waals surface area contributed by atoms with Crippen LogP contribution in [-0.2, 0) is 6.42 Å². The summed E-state index contributed by atoms with van der Waals surface area (Å²) in [5, 5.41) is 11.1. The van der Waals surface area contributed by atoms with E-state index in [1.165, 1.54) is 6.07 Å². The van der Waals surface area contributed by atoms with Gasteiger partial charge in [-0.05, 0) is 25.3 Å². The Morgan fingerprint density at radius 3 is 2.90 bits per heavy atom. The van der Waals surface area contributed by atoms with Crippen LogP contribution in [0.4, 0.5) is 5.69 Å². The van der Waals surface area contributed by atoms with Crippen LogP contribution in [0.1, 0.15) is 35.7 Å². The van der Waals surface area contributed by atoms with Crippen LogP contribution in [-0.4, -0.2) is 34.9 Å². The standard InChI is InChI=1S/C14H19N3O3/c1-2-10-5-6-11(8-13(10)17(19)20)14(18)16-7-3-4-12(16)9-15/h5-6,8,12H,2-4,7,9,15H2,1H3. The summed E-state index contributed by atoms with van der Waals surface area (Å²) in [6, 6.07) is 4.76. The second kappa shape index (κ2) is 6.00. The highest BCUT2D eigenvalue weighted by atomic mass is 16.6. The lowest BCUT2D eigenvalue weighted by atomic mass is 10.1. The Balaban J connectivity index is 2.31. The van der Waals surface area contributed by atoms with Gasteiger partial charge in [0.05, 0.1) is 4.92 Å². The van der Waals surface area contributed by atoms with Crippen molar-refractivity contribution in [2.24, 2.45) is 5.73 Å².